The molecular formula is C24H30N2O2. The second-order valence-corrected chi connectivity index (χ2v) is 9.44. The SMILES string of the molecule is CC(C)c1cc2c(c(-c3cccc(N4CC(C(=O)O)C4)c3)c1)NCC(C)(C)C2. The van der Waals surface area contributed by atoms with Crippen molar-refractivity contribution in [3.63, 3.8) is 0 Å². The Labute approximate surface area is 167 Å². The number of carboxylic acid groups (broad SMARTS) is 1. The first kappa shape index (κ1) is 18.9. The Hall–Kier alpha value is -2.49. The molecule has 1 saturated heterocycles. The van der Waals surface area contributed by atoms with Gasteiger partial charge < -0.3 is 15.3 Å². The van der Waals surface area contributed by atoms with Crippen LogP contribution in [0.1, 0.15) is 44.7 Å². The van der Waals surface area contributed by atoms with Crippen molar-refractivity contribution < 1.29 is 9.90 Å². The molecule has 0 aliphatic carbocycles. The molecule has 0 bridgehead atoms. The van der Waals surface area contributed by atoms with Gasteiger partial charge in [-0.25, -0.2) is 0 Å². The molecule has 2 aromatic carbocycles. The van der Waals surface area contributed by atoms with Crippen LogP contribution in [-0.4, -0.2) is 30.7 Å². The van der Waals surface area contributed by atoms with Crippen molar-refractivity contribution in [2.45, 2.75) is 40.0 Å². The number of carbonyl (C=O) groups is 1. The highest BCUT2D eigenvalue weighted by Crippen LogP contribution is 2.42. The van der Waals surface area contributed by atoms with E-state index < -0.39 is 5.97 Å². The minimum Gasteiger partial charge on any atom is -0.481 e. The number of nitrogens with zero attached hydrogens (tertiary/aromatic N) is 1. The molecule has 28 heavy (non-hydrogen) atoms. The predicted molar refractivity (Wildman–Crippen MR) is 115 cm³/mol. The fourth-order valence-electron chi connectivity index (χ4n) is 4.26. The molecule has 0 radical (unpaired) electrons. The topological polar surface area (TPSA) is 52.6 Å². The Morgan fingerprint density at radius 1 is 1.21 bits per heavy atom. The maximum atomic E-state index is 11.1. The summed E-state index contributed by atoms with van der Waals surface area (Å²) < 4.78 is 0. The smallest absolute Gasteiger partial charge is 0.310 e. The first-order valence-electron chi connectivity index (χ1n) is 10.2. The molecule has 0 aromatic heterocycles. The predicted octanol–water partition coefficient (Wildman–Crippen LogP) is 4.99. The quantitative estimate of drug-likeness (QED) is 0.787. The van der Waals surface area contributed by atoms with Crippen LogP contribution in [0.4, 0.5) is 11.4 Å². The molecule has 0 atom stereocenters. The van der Waals surface area contributed by atoms with Crippen molar-refractivity contribution in [2.24, 2.45) is 11.3 Å². The van der Waals surface area contributed by atoms with Crippen LogP contribution in [-0.2, 0) is 11.2 Å². The lowest BCUT2D eigenvalue weighted by atomic mass is 9.79. The van der Waals surface area contributed by atoms with Gasteiger partial charge in [-0.3, -0.25) is 4.79 Å². The third-order valence-electron chi connectivity index (χ3n) is 6.07. The number of anilines is 2. The van der Waals surface area contributed by atoms with Crippen LogP contribution >= 0.6 is 0 Å². The van der Waals surface area contributed by atoms with Crippen molar-refractivity contribution >= 4 is 17.3 Å². The molecular weight excluding hydrogens is 348 g/mol. The highest BCUT2D eigenvalue weighted by molar-refractivity contribution is 5.84. The van der Waals surface area contributed by atoms with Crippen LogP contribution in [0.25, 0.3) is 11.1 Å². The van der Waals surface area contributed by atoms with E-state index in [1.54, 1.807) is 0 Å². The van der Waals surface area contributed by atoms with Gasteiger partial charge in [0, 0.05) is 36.6 Å². The van der Waals surface area contributed by atoms with Gasteiger partial charge >= 0.3 is 5.97 Å². The van der Waals surface area contributed by atoms with Gasteiger partial charge in [0.2, 0.25) is 0 Å². The summed E-state index contributed by atoms with van der Waals surface area (Å²) in [5, 5.41) is 12.8. The average molecular weight is 379 g/mol. The highest BCUT2D eigenvalue weighted by atomic mass is 16.4. The molecule has 2 N–H and O–H groups in total. The van der Waals surface area contributed by atoms with E-state index in [9.17, 15) is 4.79 Å². The molecule has 4 rings (SSSR count). The zero-order chi connectivity index (χ0) is 20.1. The number of aliphatic carboxylic acids is 1. The molecule has 2 aromatic rings. The number of rotatable bonds is 4. The van der Waals surface area contributed by atoms with Crippen molar-refractivity contribution in [2.75, 3.05) is 29.9 Å². The maximum absolute atomic E-state index is 11.1. The van der Waals surface area contributed by atoms with E-state index in [4.69, 9.17) is 5.11 Å². The molecule has 2 aliphatic heterocycles. The Morgan fingerprint density at radius 3 is 2.64 bits per heavy atom. The van der Waals surface area contributed by atoms with E-state index in [1.165, 1.54) is 27.9 Å². The van der Waals surface area contributed by atoms with E-state index in [2.05, 4.69) is 74.3 Å². The summed E-state index contributed by atoms with van der Waals surface area (Å²) in [6.07, 6.45) is 1.08. The van der Waals surface area contributed by atoms with E-state index in [0.29, 0.717) is 19.0 Å². The van der Waals surface area contributed by atoms with Crippen LogP contribution in [0.3, 0.4) is 0 Å². The van der Waals surface area contributed by atoms with Gasteiger partial charge in [-0.2, -0.15) is 0 Å². The van der Waals surface area contributed by atoms with Crippen LogP contribution in [0.15, 0.2) is 36.4 Å². The molecule has 0 amide bonds. The largest absolute Gasteiger partial charge is 0.481 e. The van der Waals surface area contributed by atoms with Gasteiger partial charge in [-0.1, -0.05) is 45.9 Å². The number of fused-ring (bicyclic) bond motifs is 1. The highest BCUT2D eigenvalue weighted by Gasteiger charge is 2.33. The van der Waals surface area contributed by atoms with Gasteiger partial charge in [-0.15, -0.1) is 0 Å². The van der Waals surface area contributed by atoms with Crippen molar-refractivity contribution in [1.29, 1.82) is 0 Å². The number of benzene rings is 2. The van der Waals surface area contributed by atoms with E-state index >= 15 is 0 Å². The van der Waals surface area contributed by atoms with E-state index in [0.717, 1.165) is 18.7 Å². The summed E-state index contributed by atoms with van der Waals surface area (Å²) in [6, 6.07) is 13.2. The minimum absolute atomic E-state index is 0.246. The lowest BCUT2D eigenvalue weighted by Gasteiger charge is -2.39. The molecule has 1 fully saturated rings. The summed E-state index contributed by atoms with van der Waals surface area (Å²) in [4.78, 5) is 13.3. The lowest BCUT2D eigenvalue weighted by molar-refractivity contribution is -0.142. The van der Waals surface area contributed by atoms with E-state index in [-0.39, 0.29) is 11.3 Å². The fourth-order valence-corrected chi connectivity index (χ4v) is 4.26. The zero-order valence-corrected chi connectivity index (χ0v) is 17.2. The molecule has 4 nitrogen and oxygen atoms in total. The lowest BCUT2D eigenvalue weighted by Crippen LogP contribution is -2.50. The number of hydrogen-bond acceptors (Lipinski definition) is 3. The normalized spacial score (nSPS) is 18.4. The molecule has 0 spiro atoms. The molecule has 0 unspecified atom stereocenters. The van der Waals surface area contributed by atoms with E-state index in [1.807, 2.05) is 0 Å². The van der Waals surface area contributed by atoms with Crippen LogP contribution in [0.2, 0.25) is 0 Å². The standard InChI is InChI=1S/C24H30N2O2/c1-15(2)17-8-18-11-24(3,4)14-25-22(18)21(10-17)16-6-5-7-20(9-16)26-12-19(13-26)23(27)28/h5-10,15,19,25H,11-14H2,1-4H3,(H,27,28). The molecule has 2 heterocycles. The van der Waals surface area contributed by atoms with Gasteiger partial charge in [0.25, 0.3) is 0 Å². The first-order chi connectivity index (χ1) is 13.2. The number of carboxylic acids is 1. The average Bonchev–Trinajstić information content (AvgIpc) is 2.58. The van der Waals surface area contributed by atoms with Crippen LogP contribution in [0.5, 0.6) is 0 Å². The van der Waals surface area contributed by atoms with Crippen LogP contribution in [0, 0.1) is 11.3 Å². The second-order valence-electron chi connectivity index (χ2n) is 9.44. The molecule has 4 heteroatoms. The van der Waals surface area contributed by atoms with Gasteiger partial charge in [0.1, 0.15) is 0 Å². The maximum Gasteiger partial charge on any atom is 0.310 e. The molecule has 2 aliphatic rings. The van der Waals surface area contributed by atoms with Crippen molar-refractivity contribution in [1.82, 2.24) is 0 Å². The van der Waals surface area contributed by atoms with Gasteiger partial charge in [-0.05, 0) is 52.6 Å². The summed E-state index contributed by atoms with van der Waals surface area (Å²) >= 11 is 0. The van der Waals surface area contributed by atoms with Crippen molar-refractivity contribution in [3.05, 3.63) is 47.5 Å². The third kappa shape index (κ3) is 3.48. The Balaban J connectivity index is 1.72. The van der Waals surface area contributed by atoms with Gasteiger partial charge in [0.05, 0.1) is 5.92 Å². The number of hydrogen-bond donors (Lipinski definition) is 2. The monoisotopic (exact) mass is 378 g/mol. The van der Waals surface area contributed by atoms with Crippen LogP contribution < -0.4 is 10.2 Å². The Morgan fingerprint density at radius 2 is 1.96 bits per heavy atom. The molecule has 0 saturated carbocycles. The molecule has 148 valence electrons. The summed E-state index contributed by atoms with van der Waals surface area (Å²) in [6.45, 7) is 11.3. The van der Waals surface area contributed by atoms with Crippen molar-refractivity contribution in [3.8, 4) is 11.1 Å². The van der Waals surface area contributed by atoms with Gasteiger partial charge in [0.15, 0.2) is 0 Å². The summed E-state index contributed by atoms with van der Waals surface area (Å²) in [5.41, 5.74) is 7.84. The zero-order valence-electron chi connectivity index (χ0n) is 17.2. The Bertz CT molecular complexity index is 911. The fraction of sp³-hybridized carbons (Fsp3) is 0.458. The minimum atomic E-state index is -0.696. The number of nitrogens with one attached hydrogen (secondary N) is 1. The first-order valence-corrected chi connectivity index (χ1v) is 10.2. The summed E-state index contributed by atoms with van der Waals surface area (Å²) in [7, 11) is 0. The Kier molecular flexibility index (Phi) is 4.60. The second kappa shape index (κ2) is 6.84. The summed E-state index contributed by atoms with van der Waals surface area (Å²) in [5.74, 6) is -0.466. The third-order valence-corrected chi connectivity index (χ3v) is 6.07.